The SMILES string of the molecule is CCOCC(NC(=O)c1ccc(NN)cc1)C(C)C. The molecule has 0 spiro atoms. The van der Waals surface area contributed by atoms with Crippen LogP contribution in [0.5, 0.6) is 0 Å². The summed E-state index contributed by atoms with van der Waals surface area (Å²) in [6, 6.07) is 7.02. The number of hydrazine groups is 1. The van der Waals surface area contributed by atoms with Gasteiger partial charge in [0.05, 0.1) is 12.6 Å². The lowest BCUT2D eigenvalue weighted by atomic mass is 10.0. The predicted molar refractivity (Wildman–Crippen MR) is 76.8 cm³/mol. The second-order valence-electron chi connectivity index (χ2n) is 4.71. The Morgan fingerprint density at radius 1 is 1.32 bits per heavy atom. The number of nitrogen functional groups attached to an aromatic ring is 1. The van der Waals surface area contributed by atoms with E-state index in [0.717, 1.165) is 5.69 Å². The summed E-state index contributed by atoms with van der Waals surface area (Å²) in [5, 5.41) is 2.99. The Bertz CT molecular complexity index is 390. The first kappa shape index (κ1) is 15.5. The molecular formula is C14H23N3O2. The van der Waals surface area contributed by atoms with Gasteiger partial charge < -0.3 is 15.5 Å². The van der Waals surface area contributed by atoms with Gasteiger partial charge in [-0.2, -0.15) is 0 Å². The van der Waals surface area contributed by atoms with Crippen molar-refractivity contribution in [1.82, 2.24) is 5.32 Å². The molecule has 0 aliphatic heterocycles. The van der Waals surface area contributed by atoms with Gasteiger partial charge in [-0.25, -0.2) is 0 Å². The molecule has 1 rings (SSSR count). The summed E-state index contributed by atoms with van der Waals surface area (Å²) in [5.41, 5.74) is 3.91. The maximum absolute atomic E-state index is 12.1. The molecule has 0 saturated carbocycles. The molecule has 0 heterocycles. The molecule has 1 unspecified atom stereocenters. The van der Waals surface area contributed by atoms with Crippen molar-refractivity contribution in [3.63, 3.8) is 0 Å². The van der Waals surface area contributed by atoms with Crippen LogP contribution in [0.2, 0.25) is 0 Å². The lowest BCUT2D eigenvalue weighted by Gasteiger charge is -2.22. The zero-order valence-corrected chi connectivity index (χ0v) is 11.8. The molecule has 19 heavy (non-hydrogen) atoms. The van der Waals surface area contributed by atoms with Crippen LogP contribution < -0.4 is 16.6 Å². The normalized spacial score (nSPS) is 12.3. The van der Waals surface area contributed by atoms with E-state index in [0.29, 0.717) is 24.7 Å². The van der Waals surface area contributed by atoms with Crippen LogP contribution in [0, 0.1) is 5.92 Å². The Labute approximate surface area is 114 Å². The van der Waals surface area contributed by atoms with Gasteiger partial charge in [0.15, 0.2) is 0 Å². The first-order valence-corrected chi connectivity index (χ1v) is 6.53. The van der Waals surface area contributed by atoms with Gasteiger partial charge in [0, 0.05) is 17.9 Å². The highest BCUT2D eigenvalue weighted by molar-refractivity contribution is 5.94. The fourth-order valence-corrected chi connectivity index (χ4v) is 1.62. The van der Waals surface area contributed by atoms with Gasteiger partial charge >= 0.3 is 0 Å². The van der Waals surface area contributed by atoms with E-state index in [-0.39, 0.29) is 11.9 Å². The van der Waals surface area contributed by atoms with Crippen LogP contribution in [0.4, 0.5) is 5.69 Å². The number of ether oxygens (including phenoxy) is 1. The molecule has 0 saturated heterocycles. The second-order valence-corrected chi connectivity index (χ2v) is 4.71. The minimum absolute atomic E-state index is 0.0137. The van der Waals surface area contributed by atoms with Crippen molar-refractivity contribution in [1.29, 1.82) is 0 Å². The fraction of sp³-hybridized carbons (Fsp3) is 0.500. The van der Waals surface area contributed by atoms with Crippen molar-refractivity contribution in [2.24, 2.45) is 11.8 Å². The highest BCUT2D eigenvalue weighted by Gasteiger charge is 2.17. The fourth-order valence-electron chi connectivity index (χ4n) is 1.62. The standard InChI is InChI=1S/C14H23N3O2/c1-4-19-9-13(10(2)3)16-14(18)11-5-7-12(17-15)8-6-11/h5-8,10,13,17H,4,9,15H2,1-3H3,(H,16,18). The molecule has 1 aromatic rings. The maximum atomic E-state index is 12.1. The molecule has 1 atom stereocenters. The molecule has 106 valence electrons. The molecule has 0 radical (unpaired) electrons. The number of hydrogen-bond acceptors (Lipinski definition) is 4. The van der Waals surface area contributed by atoms with E-state index in [2.05, 4.69) is 24.6 Å². The van der Waals surface area contributed by atoms with Gasteiger partial charge in [-0.1, -0.05) is 13.8 Å². The second kappa shape index (κ2) is 7.76. The minimum atomic E-state index is -0.0954. The Balaban J connectivity index is 2.64. The van der Waals surface area contributed by atoms with E-state index in [1.807, 2.05) is 6.92 Å². The van der Waals surface area contributed by atoms with Gasteiger partial charge in [-0.05, 0) is 37.1 Å². The lowest BCUT2D eigenvalue weighted by Crippen LogP contribution is -2.41. The van der Waals surface area contributed by atoms with Gasteiger partial charge in [-0.15, -0.1) is 0 Å². The monoisotopic (exact) mass is 265 g/mol. The lowest BCUT2D eigenvalue weighted by molar-refractivity contribution is 0.0806. The average Bonchev–Trinajstić information content (AvgIpc) is 2.43. The van der Waals surface area contributed by atoms with E-state index in [9.17, 15) is 4.79 Å². The number of anilines is 1. The summed E-state index contributed by atoms with van der Waals surface area (Å²) >= 11 is 0. The third kappa shape index (κ3) is 4.89. The van der Waals surface area contributed by atoms with E-state index < -0.39 is 0 Å². The summed E-state index contributed by atoms with van der Waals surface area (Å²) in [6.07, 6.45) is 0. The van der Waals surface area contributed by atoms with E-state index in [1.54, 1.807) is 24.3 Å². The first-order valence-electron chi connectivity index (χ1n) is 6.53. The molecular weight excluding hydrogens is 242 g/mol. The zero-order valence-electron chi connectivity index (χ0n) is 11.8. The highest BCUT2D eigenvalue weighted by Crippen LogP contribution is 2.09. The number of nitrogens with one attached hydrogen (secondary N) is 2. The van der Waals surface area contributed by atoms with Crippen LogP contribution in [0.3, 0.4) is 0 Å². The summed E-state index contributed by atoms with van der Waals surface area (Å²) in [4.78, 5) is 12.1. The molecule has 1 amide bonds. The summed E-state index contributed by atoms with van der Waals surface area (Å²) in [7, 11) is 0. The third-order valence-electron chi connectivity index (χ3n) is 2.94. The van der Waals surface area contributed by atoms with Crippen molar-refractivity contribution in [2.45, 2.75) is 26.8 Å². The van der Waals surface area contributed by atoms with E-state index in [1.165, 1.54) is 0 Å². The van der Waals surface area contributed by atoms with Crippen LogP contribution in [0.15, 0.2) is 24.3 Å². The molecule has 1 aromatic carbocycles. The first-order chi connectivity index (χ1) is 9.08. The largest absolute Gasteiger partial charge is 0.380 e. The molecule has 0 fully saturated rings. The van der Waals surface area contributed by atoms with Crippen molar-refractivity contribution < 1.29 is 9.53 Å². The topological polar surface area (TPSA) is 76.4 Å². The maximum Gasteiger partial charge on any atom is 0.251 e. The molecule has 0 aromatic heterocycles. The molecule has 0 aliphatic rings. The van der Waals surface area contributed by atoms with Crippen molar-refractivity contribution in [3.05, 3.63) is 29.8 Å². The van der Waals surface area contributed by atoms with Crippen molar-refractivity contribution in [2.75, 3.05) is 18.6 Å². The molecule has 0 bridgehead atoms. The van der Waals surface area contributed by atoms with Crippen LogP contribution in [-0.2, 0) is 4.74 Å². The van der Waals surface area contributed by atoms with Crippen LogP contribution >= 0.6 is 0 Å². The van der Waals surface area contributed by atoms with Crippen LogP contribution in [0.25, 0.3) is 0 Å². The Hall–Kier alpha value is -1.59. The summed E-state index contributed by atoms with van der Waals surface area (Å²) in [6.45, 7) is 7.24. The van der Waals surface area contributed by atoms with E-state index in [4.69, 9.17) is 10.6 Å². The van der Waals surface area contributed by atoms with Crippen molar-refractivity contribution in [3.8, 4) is 0 Å². The zero-order chi connectivity index (χ0) is 14.3. The number of nitrogens with two attached hydrogens (primary N) is 1. The number of carbonyl (C=O) groups is 1. The number of benzene rings is 1. The van der Waals surface area contributed by atoms with Crippen molar-refractivity contribution >= 4 is 11.6 Å². The molecule has 4 N–H and O–H groups in total. The van der Waals surface area contributed by atoms with Gasteiger partial charge in [0.2, 0.25) is 0 Å². The average molecular weight is 265 g/mol. The Kier molecular flexibility index (Phi) is 6.32. The number of rotatable bonds is 7. The third-order valence-corrected chi connectivity index (χ3v) is 2.94. The summed E-state index contributed by atoms with van der Waals surface area (Å²) < 4.78 is 5.39. The van der Waals surface area contributed by atoms with Crippen LogP contribution in [0.1, 0.15) is 31.1 Å². The smallest absolute Gasteiger partial charge is 0.251 e. The molecule has 0 aliphatic carbocycles. The predicted octanol–water partition coefficient (Wildman–Crippen LogP) is 1.76. The van der Waals surface area contributed by atoms with Gasteiger partial charge in [-0.3, -0.25) is 10.6 Å². The van der Waals surface area contributed by atoms with Gasteiger partial charge in [0.1, 0.15) is 0 Å². The van der Waals surface area contributed by atoms with Crippen LogP contribution in [-0.4, -0.2) is 25.2 Å². The summed E-state index contributed by atoms with van der Waals surface area (Å²) in [5.74, 6) is 5.51. The highest BCUT2D eigenvalue weighted by atomic mass is 16.5. The number of carbonyl (C=O) groups excluding carboxylic acids is 1. The van der Waals surface area contributed by atoms with Gasteiger partial charge in [0.25, 0.3) is 5.91 Å². The number of amides is 1. The molecule has 5 nitrogen and oxygen atoms in total. The number of hydrogen-bond donors (Lipinski definition) is 3. The Morgan fingerprint density at radius 3 is 2.42 bits per heavy atom. The Morgan fingerprint density at radius 2 is 1.95 bits per heavy atom. The quantitative estimate of drug-likeness (QED) is 0.518. The van der Waals surface area contributed by atoms with E-state index >= 15 is 0 Å². The molecule has 5 heteroatoms. The minimum Gasteiger partial charge on any atom is -0.380 e.